The second-order valence-corrected chi connectivity index (χ2v) is 7.47. The van der Waals surface area contributed by atoms with Crippen LogP contribution in [0.15, 0.2) is 48.5 Å². The zero-order valence-corrected chi connectivity index (χ0v) is 15.1. The van der Waals surface area contributed by atoms with Crippen LogP contribution in [0.5, 0.6) is 0 Å². The van der Waals surface area contributed by atoms with Crippen molar-refractivity contribution in [1.82, 2.24) is 4.90 Å². The lowest BCUT2D eigenvalue weighted by Crippen LogP contribution is -2.47. The summed E-state index contributed by atoms with van der Waals surface area (Å²) in [5, 5.41) is 10.1. The SMILES string of the molecule is CN(C)CCOC(=O)[C@]1(C#N)CC2c3ccccc3C1c1ccccc12. The van der Waals surface area contributed by atoms with Crippen molar-refractivity contribution in [2.75, 3.05) is 27.2 Å². The van der Waals surface area contributed by atoms with Gasteiger partial charge in [0.2, 0.25) is 0 Å². The van der Waals surface area contributed by atoms with Crippen LogP contribution < -0.4 is 0 Å². The Hall–Kier alpha value is -2.64. The number of rotatable bonds is 4. The number of nitriles is 1. The fourth-order valence-electron chi connectivity index (χ4n) is 4.51. The summed E-state index contributed by atoms with van der Waals surface area (Å²) in [4.78, 5) is 15.0. The molecule has 2 bridgehead atoms. The van der Waals surface area contributed by atoms with Gasteiger partial charge < -0.3 is 9.64 Å². The van der Waals surface area contributed by atoms with Crippen molar-refractivity contribution in [3.8, 4) is 6.07 Å². The molecule has 0 unspecified atom stereocenters. The molecule has 26 heavy (non-hydrogen) atoms. The highest BCUT2D eigenvalue weighted by atomic mass is 16.5. The van der Waals surface area contributed by atoms with E-state index >= 15 is 0 Å². The average Bonchev–Trinajstić information content (AvgIpc) is 2.67. The van der Waals surface area contributed by atoms with Crippen LogP contribution in [0.4, 0.5) is 0 Å². The Labute approximate surface area is 154 Å². The summed E-state index contributed by atoms with van der Waals surface area (Å²) >= 11 is 0. The smallest absolute Gasteiger partial charge is 0.327 e. The van der Waals surface area contributed by atoms with Crippen molar-refractivity contribution >= 4 is 5.97 Å². The Balaban J connectivity index is 1.79. The summed E-state index contributed by atoms with van der Waals surface area (Å²) in [7, 11) is 3.87. The minimum atomic E-state index is -1.15. The van der Waals surface area contributed by atoms with Crippen molar-refractivity contribution in [3.05, 3.63) is 70.8 Å². The number of ether oxygens (including phenoxy) is 1. The van der Waals surface area contributed by atoms with Crippen molar-refractivity contribution in [2.45, 2.75) is 18.3 Å². The summed E-state index contributed by atoms with van der Waals surface area (Å²) in [5.74, 6) is -0.592. The zero-order chi connectivity index (χ0) is 18.3. The second kappa shape index (κ2) is 6.26. The molecule has 0 spiro atoms. The molecule has 2 aromatic carbocycles. The normalized spacial score (nSPS) is 25.3. The van der Waals surface area contributed by atoms with Crippen LogP contribution in [0.1, 0.15) is 40.5 Å². The van der Waals surface area contributed by atoms with E-state index in [2.05, 4.69) is 30.3 Å². The Morgan fingerprint density at radius 3 is 2.15 bits per heavy atom. The number of hydrogen-bond acceptors (Lipinski definition) is 4. The van der Waals surface area contributed by atoms with Gasteiger partial charge in [0.25, 0.3) is 0 Å². The van der Waals surface area contributed by atoms with Crippen LogP contribution in [0.2, 0.25) is 0 Å². The third kappa shape index (κ3) is 2.35. The van der Waals surface area contributed by atoms with E-state index in [0.717, 1.165) is 11.1 Å². The van der Waals surface area contributed by atoms with Crippen LogP contribution >= 0.6 is 0 Å². The number of carbonyl (C=O) groups excluding carboxylic acids is 1. The molecule has 0 amide bonds. The molecule has 2 aromatic rings. The monoisotopic (exact) mass is 346 g/mol. The summed E-state index contributed by atoms with van der Waals surface area (Å²) in [6.07, 6.45) is 0.489. The maximum absolute atomic E-state index is 13.1. The molecule has 4 heteroatoms. The van der Waals surface area contributed by atoms with Crippen molar-refractivity contribution in [3.63, 3.8) is 0 Å². The first-order chi connectivity index (χ1) is 12.6. The predicted octanol–water partition coefficient (Wildman–Crippen LogP) is 3.28. The average molecular weight is 346 g/mol. The molecule has 5 rings (SSSR count). The van der Waals surface area contributed by atoms with Gasteiger partial charge in [0.1, 0.15) is 6.61 Å². The Bertz CT molecular complexity index is 852. The predicted molar refractivity (Wildman–Crippen MR) is 98.7 cm³/mol. The number of benzene rings is 2. The molecule has 132 valence electrons. The van der Waals surface area contributed by atoms with E-state index in [-0.39, 0.29) is 17.8 Å². The van der Waals surface area contributed by atoms with Crippen LogP contribution in [-0.4, -0.2) is 38.1 Å². The number of nitrogens with zero attached hydrogens (tertiary/aromatic N) is 2. The maximum atomic E-state index is 13.1. The van der Waals surface area contributed by atoms with Gasteiger partial charge in [-0.1, -0.05) is 48.5 Å². The van der Waals surface area contributed by atoms with Gasteiger partial charge in [-0.05, 0) is 42.8 Å². The molecule has 0 aromatic heterocycles. The molecule has 3 aliphatic carbocycles. The molecule has 3 aliphatic rings. The minimum Gasteiger partial charge on any atom is -0.463 e. The van der Waals surface area contributed by atoms with Gasteiger partial charge in [-0.2, -0.15) is 5.26 Å². The summed E-state index contributed by atoms with van der Waals surface area (Å²) in [6.45, 7) is 0.949. The number of esters is 1. The molecule has 4 nitrogen and oxygen atoms in total. The highest BCUT2D eigenvalue weighted by Gasteiger charge is 2.58. The lowest BCUT2D eigenvalue weighted by atomic mass is 9.52. The van der Waals surface area contributed by atoms with Gasteiger partial charge in [-0.25, -0.2) is 0 Å². The quantitative estimate of drug-likeness (QED) is 0.797. The van der Waals surface area contributed by atoms with Gasteiger partial charge in [0, 0.05) is 18.4 Å². The number of carbonyl (C=O) groups is 1. The van der Waals surface area contributed by atoms with E-state index in [0.29, 0.717) is 19.6 Å². The van der Waals surface area contributed by atoms with Gasteiger partial charge >= 0.3 is 5.97 Å². The maximum Gasteiger partial charge on any atom is 0.327 e. The molecule has 0 N–H and O–H groups in total. The van der Waals surface area contributed by atoms with E-state index in [1.807, 2.05) is 43.3 Å². The van der Waals surface area contributed by atoms with Gasteiger partial charge in [-0.3, -0.25) is 4.79 Å². The van der Waals surface area contributed by atoms with Crippen molar-refractivity contribution in [1.29, 1.82) is 5.26 Å². The fraction of sp³-hybridized carbons (Fsp3) is 0.364. The van der Waals surface area contributed by atoms with Gasteiger partial charge in [0.15, 0.2) is 5.41 Å². The third-order valence-electron chi connectivity index (χ3n) is 5.72. The molecule has 0 radical (unpaired) electrons. The Kier molecular flexibility index (Phi) is 4.05. The highest BCUT2D eigenvalue weighted by molar-refractivity contribution is 5.85. The first kappa shape index (κ1) is 16.8. The minimum absolute atomic E-state index is 0.0634. The van der Waals surface area contributed by atoms with E-state index < -0.39 is 5.41 Å². The largest absolute Gasteiger partial charge is 0.463 e. The highest BCUT2D eigenvalue weighted by Crippen LogP contribution is 2.61. The number of likely N-dealkylation sites (N-methyl/N-ethyl adjacent to an activating group) is 1. The second-order valence-electron chi connectivity index (χ2n) is 7.47. The summed E-state index contributed by atoms with van der Waals surface area (Å²) in [5.41, 5.74) is 3.51. The standard InChI is InChI=1S/C22H22N2O2/c1-24(2)11-12-26-21(25)22(14-23)13-19-15-7-3-5-9-17(15)20(22)18-10-6-4-8-16(18)19/h3-10,19-20H,11-13H2,1-2H3/t19?,20?,22-/m0/s1. The van der Waals surface area contributed by atoms with Crippen LogP contribution in [0, 0.1) is 16.7 Å². The molecule has 0 fully saturated rings. The number of fused-ring (bicyclic) bond motifs is 1. The Morgan fingerprint density at radius 1 is 1.12 bits per heavy atom. The molecule has 0 saturated heterocycles. The third-order valence-corrected chi connectivity index (χ3v) is 5.72. The van der Waals surface area contributed by atoms with Crippen LogP contribution in [0.3, 0.4) is 0 Å². The van der Waals surface area contributed by atoms with Crippen molar-refractivity contribution < 1.29 is 9.53 Å². The van der Waals surface area contributed by atoms with E-state index in [9.17, 15) is 10.1 Å². The Morgan fingerprint density at radius 2 is 1.65 bits per heavy atom. The zero-order valence-electron chi connectivity index (χ0n) is 15.1. The van der Waals surface area contributed by atoms with Gasteiger partial charge in [-0.15, -0.1) is 0 Å². The molecular weight excluding hydrogens is 324 g/mol. The topological polar surface area (TPSA) is 53.3 Å². The fourth-order valence-corrected chi connectivity index (χ4v) is 4.51. The van der Waals surface area contributed by atoms with E-state index in [1.54, 1.807) is 0 Å². The lowest BCUT2D eigenvalue weighted by molar-refractivity contribution is -0.154. The van der Waals surface area contributed by atoms with Gasteiger partial charge in [0.05, 0.1) is 6.07 Å². The molecule has 0 aliphatic heterocycles. The number of hydrogen-bond donors (Lipinski definition) is 0. The molecule has 0 heterocycles. The first-order valence-electron chi connectivity index (χ1n) is 8.99. The lowest BCUT2D eigenvalue weighted by Gasteiger charge is -2.48. The molecule has 0 saturated carbocycles. The van der Waals surface area contributed by atoms with Crippen LogP contribution in [-0.2, 0) is 9.53 Å². The van der Waals surface area contributed by atoms with E-state index in [4.69, 9.17) is 4.74 Å². The van der Waals surface area contributed by atoms with Crippen molar-refractivity contribution in [2.24, 2.45) is 5.41 Å². The molecular formula is C22H22N2O2. The summed E-state index contributed by atoms with van der Waals surface area (Å²) < 4.78 is 5.57. The first-order valence-corrected chi connectivity index (χ1v) is 8.99. The van der Waals surface area contributed by atoms with E-state index in [1.165, 1.54) is 11.1 Å². The van der Waals surface area contributed by atoms with Crippen LogP contribution in [0.25, 0.3) is 0 Å². The molecule has 1 atom stereocenters. The summed E-state index contributed by atoms with van der Waals surface area (Å²) in [6, 6.07) is 18.8.